The molecule has 0 fully saturated rings. The lowest BCUT2D eigenvalue weighted by Crippen LogP contribution is -2.19. The molecule has 0 saturated heterocycles. The molecule has 0 aliphatic heterocycles. The van der Waals surface area contributed by atoms with Gasteiger partial charge in [0.15, 0.2) is 0 Å². The number of halogens is 2. The fourth-order valence-corrected chi connectivity index (χ4v) is 2.36. The third kappa shape index (κ3) is 4.60. The molecular formula is C16H18Cl2N2O. The normalized spacial score (nSPS) is 12.2. The third-order valence-electron chi connectivity index (χ3n) is 2.98. The Labute approximate surface area is 135 Å². The van der Waals surface area contributed by atoms with Crippen LogP contribution in [0.4, 0.5) is 0 Å². The highest BCUT2D eigenvalue weighted by molar-refractivity contribution is 6.33. The molecular weight excluding hydrogens is 307 g/mol. The molecule has 0 amide bonds. The Bertz CT molecular complexity index is 630. The molecule has 1 aromatic carbocycles. The molecule has 112 valence electrons. The van der Waals surface area contributed by atoms with Crippen molar-refractivity contribution < 1.29 is 4.74 Å². The van der Waals surface area contributed by atoms with E-state index in [4.69, 9.17) is 33.7 Å². The number of pyridine rings is 1. The van der Waals surface area contributed by atoms with Gasteiger partial charge in [0.05, 0.1) is 5.69 Å². The number of nitrogens with two attached hydrogens (primary N) is 1. The number of nitrogens with zero attached hydrogens (tertiary/aromatic N) is 1. The largest absolute Gasteiger partial charge is 0.487 e. The summed E-state index contributed by atoms with van der Waals surface area (Å²) in [6.07, 6.45) is 0.667. The minimum absolute atomic E-state index is 0.0245. The Morgan fingerprint density at radius 3 is 2.71 bits per heavy atom. The maximum atomic E-state index is 6.14. The van der Waals surface area contributed by atoms with E-state index in [0.29, 0.717) is 23.1 Å². The molecule has 0 spiro atoms. The molecule has 1 unspecified atom stereocenters. The molecule has 21 heavy (non-hydrogen) atoms. The average Bonchev–Trinajstić information content (AvgIpc) is 2.41. The van der Waals surface area contributed by atoms with Crippen LogP contribution in [0.15, 0.2) is 30.3 Å². The van der Waals surface area contributed by atoms with Crippen LogP contribution in [0.25, 0.3) is 0 Å². The number of hydrogen-bond donors (Lipinski definition) is 1. The molecule has 0 saturated carbocycles. The average molecular weight is 325 g/mol. The monoisotopic (exact) mass is 324 g/mol. The van der Waals surface area contributed by atoms with Crippen molar-refractivity contribution >= 4 is 23.2 Å². The Morgan fingerprint density at radius 2 is 2.00 bits per heavy atom. The molecule has 1 aromatic heterocycles. The van der Waals surface area contributed by atoms with Crippen LogP contribution in [0.1, 0.15) is 23.9 Å². The number of ether oxygens (including phenoxy) is 1. The fraction of sp³-hybridized carbons (Fsp3) is 0.312. The number of aromatic nitrogens is 1. The van der Waals surface area contributed by atoms with Gasteiger partial charge in [-0.05, 0) is 44.2 Å². The zero-order valence-corrected chi connectivity index (χ0v) is 13.6. The van der Waals surface area contributed by atoms with Crippen LogP contribution >= 0.6 is 23.2 Å². The fourth-order valence-electron chi connectivity index (χ4n) is 1.99. The molecule has 0 aliphatic rings. The Morgan fingerprint density at radius 1 is 1.24 bits per heavy atom. The lowest BCUT2D eigenvalue weighted by molar-refractivity contribution is 0.300. The van der Waals surface area contributed by atoms with Gasteiger partial charge in [0.25, 0.3) is 0 Å². The summed E-state index contributed by atoms with van der Waals surface area (Å²) in [5.74, 6) is 0.731. The summed E-state index contributed by atoms with van der Waals surface area (Å²) in [4.78, 5) is 4.50. The van der Waals surface area contributed by atoms with Crippen molar-refractivity contribution in [3.63, 3.8) is 0 Å². The first kappa shape index (κ1) is 16.1. The SMILES string of the molecule is Cc1ccc(OCc2cc(Cl)ccc2Cl)c(CC(C)N)n1. The lowest BCUT2D eigenvalue weighted by Gasteiger charge is -2.14. The molecule has 2 N–H and O–H groups in total. The Kier molecular flexibility index (Phi) is 5.45. The minimum atomic E-state index is 0.0245. The van der Waals surface area contributed by atoms with Crippen LogP contribution in [0, 0.1) is 6.92 Å². The third-order valence-corrected chi connectivity index (χ3v) is 3.58. The van der Waals surface area contributed by atoms with Crippen molar-refractivity contribution in [2.24, 2.45) is 5.73 Å². The van der Waals surface area contributed by atoms with E-state index in [1.807, 2.05) is 26.0 Å². The van der Waals surface area contributed by atoms with Crippen LogP contribution in [-0.2, 0) is 13.0 Å². The van der Waals surface area contributed by atoms with Crippen LogP contribution in [0.2, 0.25) is 10.0 Å². The zero-order chi connectivity index (χ0) is 15.4. The van der Waals surface area contributed by atoms with E-state index in [0.717, 1.165) is 22.7 Å². The second-order valence-electron chi connectivity index (χ2n) is 5.10. The lowest BCUT2D eigenvalue weighted by atomic mass is 10.1. The van der Waals surface area contributed by atoms with Crippen molar-refractivity contribution in [1.29, 1.82) is 0 Å². The first-order chi connectivity index (χ1) is 9.95. The van der Waals surface area contributed by atoms with Crippen molar-refractivity contribution in [3.05, 3.63) is 57.3 Å². The van der Waals surface area contributed by atoms with Crippen molar-refractivity contribution in [2.75, 3.05) is 0 Å². The van der Waals surface area contributed by atoms with E-state index >= 15 is 0 Å². The van der Waals surface area contributed by atoms with E-state index in [9.17, 15) is 0 Å². The molecule has 0 radical (unpaired) electrons. The van der Waals surface area contributed by atoms with E-state index in [1.54, 1.807) is 18.2 Å². The van der Waals surface area contributed by atoms with Crippen molar-refractivity contribution in [1.82, 2.24) is 4.98 Å². The highest BCUT2D eigenvalue weighted by Crippen LogP contribution is 2.24. The smallest absolute Gasteiger partial charge is 0.141 e. The zero-order valence-electron chi connectivity index (χ0n) is 12.1. The van der Waals surface area contributed by atoms with E-state index < -0.39 is 0 Å². The van der Waals surface area contributed by atoms with Gasteiger partial charge in [0, 0.05) is 33.8 Å². The predicted octanol–water partition coefficient (Wildman–Crippen LogP) is 4.17. The topological polar surface area (TPSA) is 48.1 Å². The Balaban J connectivity index is 2.17. The first-order valence-corrected chi connectivity index (χ1v) is 7.50. The van der Waals surface area contributed by atoms with Gasteiger partial charge in [0.1, 0.15) is 12.4 Å². The van der Waals surface area contributed by atoms with Gasteiger partial charge in [-0.15, -0.1) is 0 Å². The minimum Gasteiger partial charge on any atom is -0.487 e. The van der Waals surface area contributed by atoms with Crippen molar-refractivity contribution in [2.45, 2.75) is 32.9 Å². The van der Waals surface area contributed by atoms with Crippen LogP contribution in [-0.4, -0.2) is 11.0 Å². The van der Waals surface area contributed by atoms with Crippen LogP contribution in [0.3, 0.4) is 0 Å². The number of hydrogen-bond acceptors (Lipinski definition) is 3. The van der Waals surface area contributed by atoms with E-state index in [-0.39, 0.29) is 6.04 Å². The highest BCUT2D eigenvalue weighted by Gasteiger charge is 2.10. The second-order valence-corrected chi connectivity index (χ2v) is 5.95. The number of benzene rings is 1. The molecule has 3 nitrogen and oxygen atoms in total. The summed E-state index contributed by atoms with van der Waals surface area (Å²) in [5, 5.41) is 1.27. The van der Waals surface area contributed by atoms with Gasteiger partial charge in [-0.25, -0.2) is 0 Å². The Hall–Kier alpha value is -1.29. The van der Waals surface area contributed by atoms with Gasteiger partial charge in [-0.1, -0.05) is 23.2 Å². The predicted molar refractivity (Wildman–Crippen MR) is 87.1 cm³/mol. The summed E-state index contributed by atoms with van der Waals surface area (Å²) in [6, 6.07) is 9.17. The summed E-state index contributed by atoms with van der Waals surface area (Å²) in [7, 11) is 0. The highest BCUT2D eigenvalue weighted by atomic mass is 35.5. The standard InChI is InChI=1S/C16H18Cl2N2O/c1-10(19)7-15-16(6-3-11(2)20-15)21-9-12-8-13(17)4-5-14(12)18/h3-6,8,10H,7,9,19H2,1-2H3. The van der Waals surface area contributed by atoms with Gasteiger partial charge in [-0.3, -0.25) is 4.98 Å². The first-order valence-electron chi connectivity index (χ1n) is 6.74. The molecule has 1 heterocycles. The molecule has 2 aromatic rings. The summed E-state index contributed by atoms with van der Waals surface area (Å²) < 4.78 is 5.85. The molecule has 0 aliphatic carbocycles. The summed E-state index contributed by atoms with van der Waals surface area (Å²) in [6.45, 7) is 4.24. The second kappa shape index (κ2) is 7.12. The molecule has 2 rings (SSSR count). The summed E-state index contributed by atoms with van der Waals surface area (Å²) >= 11 is 12.1. The quantitative estimate of drug-likeness (QED) is 0.898. The number of rotatable bonds is 5. The van der Waals surface area contributed by atoms with E-state index in [1.165, 1.54) is 0 Å². The summed E-state index contributed by atoms with van der Waals surface area (Å²) in [5.41, 5.74) is 8.51. The van der Waals surface area contributed by atoms with Gasteiger partial charge >= 0.3 is 0 Å². The number of aryl methyl sites for hydroxylation is 1. The van der Waals surface area contributed by atoms with Gasteiger partial charge in [0.2, 0.25) is 0 Å². The van der Waals surface area contributed by atoms with Gasteiger partial charge in [-0.2, -0.15) is 0 Å². The molecule has 5 heteroatoms. The van der Waals surface area contributed by atoms with E-state index in [2.05, 4.69) is 4.98 Å². The van der Waals surface area contributed by atoms with Crippen molar-refractivity contribution in [3.8, 4) is 5.75 Å². The van der Waals surface area contributed by atoms with Gasteiger partial charge < -0.3 is 10.5 Å². The maximum Gasteiger partial charge on any atom is 0.141 e. The van der Waals surface area contributed by atoms with Crippen LogP contribution < -0.4 is 10.5 Å². The van der Waals surface area contributed by atoms with Crippen LogP contribution in [0.5, 0.6) is 5.75 Å². The molecule has 0 bridgehead atoms. The molecule has 1 atom stereocenters. The maximum absolute atomic E-state index is 6.14.